The van der Waals surface area contributed by atoms with Crippen LogP contribution in [0.15, 0.2) is 29.6 Å². The Morgan fingerprint density at radius 2 is 2.15 bits per heavy atom. The van der Waals surface area contributed by atoms with Crippen molar-refractivity contribution in [1.82, 2.24) is 4.98 Å². The average molecular weight is 403 g/mol. The third kappa shape index (κ3) is 3.79. The number of amides is 1. The van der Waals surface area contributed by atoms with E-state index in [1.165, 1.54) is 37.0 Å². The number of thiazole rings is 1. The number of hydrogen-bond acceptors (Lipinski definition) is 3. The van der Waals surface area contributed by atoms with Crippen LogP contribution in [0.2, 0.25) is 5.02 Å². The fourth-order valence-corrected chi connectivity index (χ4v) is 6.08. The Kier molecular flexibility index (Phi) is 5.56. The lowest BCUT2D eigenvalue weighted by Gasteiger charge is -2.27. The summed E-state index contributed by atoms with van der Waals surface area (Å²) in [6.07, 6.45) is 7.48. The van der Waals surface area contributed by atoms with Crippen molar-refractivity contribution in [2.75, 3.05) is 11.9 Å². The number of halogens is 1. The van der Waals surface area contributed by atoms with Crippen molar-refractivity contribution < 1.29 is 4.79 Å². The summed E-state index contributed by atoms with van der Waals surface area (Å²) in [7, 11) is 1.86. The topological polar surface area (TPSA) is 33.2 Å². The molecule has 27 heavy (non-hydrogen) atoms. The molecule has 1 aromatic carbocycles. The molecule has 4 atom stereocenters. The Morgan fingerprint density at radius 3 is 2.81 bits per heavy atom. The molecular formula is C22H27ClN2OS. The van der Waals surface area contributed by atoms with Crippen molar-refractivity contribution in [2.24, 2.45) is 23.7 Å². The molecule has 144 valence electrons. The van der Waals surface area contributed by atoms with Crippen LogP contribution >= 0.6 is 22.9 Å². The summed E-state index contributed by atoms with van der Waals surface area (Å²) < 4.78 is 0. The van der Waals surface area contributed by atoms with Crippen LogP contribution in [0.5, 0.6) is 0 Å². The quantitative estimate of drug-likeness (QED) is 0.569. The number of rotatable bonds is 6. The molecule has 1 heterocycles. The van der Waals surface area contributed by atoms with Crippen LogP contribution in [0.25, 0.3) is 11.3 Å². The lowest BCUT2D eigenvalue weighted by atomic mass is 9.81. The molecule has 0 spiro atoms. The predicted octanol–water partition coefficient (Wildman–Crippen LogP) is 6.28. The molecule has 0 radical (unpaired) electrons. The van der Waals surface area contributed by atoms with Gasteiger partial charge in [0, 0.05) is 28.9 Å². The zero-order valence-electron chi connectivity index (χ0n) is 16.0. The fraction of sp³-hybridized carbons (Fsp3) is 0.545. The van der Waals surface area contributed by atoms with Crippen LogP contribution in [0.3, 0.4) is 0 Å². The first-order chi connectivity index (χ1) is 13.1. The van der Waals surface area contributed by atoms with E-state index >= 15 is 0 Å². The molecular weight excluding hydrogens is 376 g/mol. The van der Waals surface area contributed by atoms with Gasteiger partial charge in [-0.05, 0) is 55.9 Å². The Balaban J connectivity index is 1.46. The van der Waals surface area contributed by atoms with Gasteiger partial charge in [-0.3, -0.25) is 9.69 Å². The highest BCUT2D eigenvalue weighted by Gasteiger charge is 2.41. The highest BCUT2D eigenvalue weighted by atomic mass is 35.5. The standard InChI is InChI=1S/C22H27ClN2OS/c1-3-15(12-17-11-14-8-9-16(17)10-14)21(26)25(2)22-24-20(13-27-22)18-6-4-5-7-19(18)23/h4-7,13-17H,3,8-12H2,1-2H3. The molecule has 4 unspecified atom stereocenters. The van der Waals surface area contributed by atoms with E-state index < -0.39 is 0 Å². The van der Waals surface area contributed by atoms with Gasteiger partial charge in [-0.25, -0.2) is 4.98 Å². The second-order valence-corrected chi connectivity index (χ2v) is 9.41. The first-order valence-corrected chi connectivity index (χ1v) is 11.3. The Labute approximate surface area is 170 Å². The number of carbonyl (C=O) groups excluding carboxylic acids is 1. The maximum absolute atomic E-state index is 13.1. The summed E-state index contributed by atoms with van der Waals surface area (Å²) in [6, 6.07) is 7.70. The molecule has 2 saturated carbocycles. The maximum Gasteiger partial charge on any atom is 0.231 e. The van der Waals surface area contributed by atoms with E-state index in [1.807, 2.05) is 36.7 Å². The highest BCUT2D eigenvalue weighted by Crippen LogP contribution is 2.50. The largest absolute Gasteiger partial charge is 0.291 e. The minimum absolute atomic E-state index is 0.104. The van der Waals surface area contributed by atoms with Gasteiger partial charge in [0.2, 0.25) is 5.91 Å². The molecule has 1 amide bonds. The van der Waals surface area contributed by atoms with Gasteiger partial charge >= 0.3 is 0 Å². The summed E-state index contributed by atoms with van der Waals surface area (Å²) in [5.41, 5.74) is 1.75. The second kappa shape index (κ2) is 7.92. The van der Waals surface area contributed by atoms with Crippen molar-refractivity contribution in [1.29, 1.82) is 0 Å². The number of anilines is 1. The predicted molar refractivity (Wildman–Crippen MR) is 113 cm³/mol. The van der Waals surface area contributed by atoms with Crippen LogP contribution in [0.4, 0.5) is 5.13 Å². The Morgan fingerprint density at radius 1 is 1.33 bits per heavy atom. The zero-order chi connectivity index (χ0) is 19.0. The number of fused-ring (bicyclic) bond motifs is 2. The van der Waals surface area contributed by atoms with Gasteiger partial charge in [0.25, 0.3) is 0 Å². The maximum atomic E-state index is 13.1. The summed E-state index contributed by atoms with van der Waals surface area (Å²) in [6.45, 7) is 2.14. The third-order valence-corrected chi connectivity index (χ3v) is 7.82. The minimum Gasteiger partial charge on any atom is -0.291 e. The number of aromatic nitrogens is 1. The SMILES string of the molecule is CCC(CC1CC2CCC1C2)C(=O)N(C)c1nc(-c2ccccc2Cl)cs1. The number of benzene rings is 1. The van der Waals surface area contributed by atoms with Gasteiger partial charge in [0.05, 0.1) is 5.69 Å². The van der Waals surface area contributed by atoms with E-state index in [9.17, 15) is 4.79 Å². The second-order valence-electron chi connectivity index (χ2n) is 8.17. The minimum atomic E-state index is 0.104. The van der Waals surface area contributed by atoms with Gasteiger partial charge in [-0.1, -0.05) is 43.1 Å². The zero-order valence-corrected chi connectivity index (χ0v) is 17.6. The van der Waals surface area contributed by atoms with E-state index in [0.29, 0.717) is 5.02 Å². The Bertz CT molecular complexity index is 820. The summed E-state index contributed by atoms with van der Waals surface area (Å²) in [5, 5.41) is 3.42. The van der Waals surface area contributed by atoms with Crippen LogP contribution in [-0.4, -0.2) is 17.9 Å². The van der Waals surface area contributed by atoms with E-state index in [4.69, 9.17) is 11.6 Å². The fourth-order valence-electron chi connectivity index (χ4n) is 5.05. The summed E-state index contributed by atoms with van der Waals surface area (Å²) >= 11 is 7.80. The first-order valence-electron chi connectivity index (χ1n) is 10.0. The van der Waals surface area contributed by atoms with Crippen molar-refractivity contribution in [3.8, 4) is 11.3 Å². The van der Waals surface area contributed by atoms with Crippen molar-refractivity contribution >= 4 is 34.0 Å². The Hall–Kier alpha value is -1.39. The molecule has 0 N–H and O–H groups in total. The van der Waals surface area contributed by atoms with Gasteiger partial charge in [0.1, 0.15) is 0 Å². The molecule has 2 bridgehead atoms. The van der Waals surface area contributed by atoms with Crippen molar-refractivity contribution in [2.45, 2.75) is 45.4 Å². The van der Waals surface area contributed by atoms with Crippen LogP contribution < -0.4 is 4.90 Å². The molecule has 2 aliphatic carbocycles. The molecule has 4 rings (SSSR count). The van der Waals surface area contributed by atoms with Gasteiger partial charge in [-0.2, -0.15) is 0 Å². The molecule has 2 aromatic rings. The molecule has 1 aromatic heterocycles. The monoisotopic (exact) mass is 402 g/mol. The average Bonchev–Trinajstić information content (AvgIpc) is 3.42. The van der Waals surface area contributed by atoms with Gasteiger partial charge in [-0.15, -0.1) is 11.3 Å². The first kappa shape index (κ1) is 18.9. The molecule has 2 aliphatic rings. The van der Waals surface area contributed by atoms with Gasteiger partial charge in [0.15, 0.2) is 5.13 Å². The summed E-state index contributed by atoms with van der Waals surface area (Å²) in [5.74, 6) is 2.87. The van der Waals surface area contributed by atoms with E-state index in [1.54, 1.807) is 4.90 Å². The highest BCUT2D eigenvalue weighted by molar-refractivity contribution is 7.14. The molecule has 3 nitrogen and oxygen atoms in total. The van der Waals surface area contributed by atoms with E-state index in [-0.39, 0.29) is 11.8 Å². The number of hydrogen-bond donors (Lipinski definition) is 0. The molecule has 2 fully saturated rings. The lowest BCUT2D eigenvalue weighted by Crippen LogP contribution is -2.34. The van der Waals surface area contributed by atoms with Crippen LogP contribution in [-0.2, 0) is 4.79 Å². The lowest BCUT2D eigenvalue weighted by molar-refractivity contribution is -0.122. The van der Waals surface area contributed by atoms with Crippen molar-refractivity contribution in [3.05, 3.63) is 34.7 Å². The van der Waals surface area contributed by atoms with Crippen LogP contribution in [0.1, 0.15) is 45.4 Å². The van der Waals surface area contributed by atoms with E-state index in [0.717, 1.165) is 47.0 Å². The van der Waals surface area contributed by atoms with Crippen LogP contribution in [0, 0.1) is 23.7 Å². The summed E-state index contributed by atoms with van der Waals surface area (Å²) in [4.78, 5) is 19.6. The van der Waals surface area contributed by atoms with Crippen molar-refractivity contribution in [3.63, 3.8) is 0 Å². The number of carbonyl (C=O) groups is 1. The third-order valence-electron chi connectivity index (χ3n) is 6.57. The smallest absolute Gasteiger partial charge is 0.231 e. The molecule has 5 heteroatoms. The normalized spacial score (nSPS) is 24.9. The molecule has 0 aliphatic heterocycles. The van der Waals surface area contributed by atoms with E-state index in [2.05, 4.69) is 11.9 Å². The molecule has 0 saturated heterocycles. The van der Waals surface area contributed by atoms with Gasteiger partial charge < -0.3 is 0 Å². The number of nitrogens with zero attached hydrogens (tertiary/aromatic N) is 2.